The van der Waals surface area contributed by atoms with Crippen LogP contribution >= 0.6 is 0 Å². The fourth-order valence-electron chi connectivity index (χ4n) is 2.94. The van der Waals surface area contributed by atoms with Crippen molar-refractivity contribution in [3.8, 4) is 0 Å². The van der Waals surface area contributed by atoms with E-state index in [9.17, 15) is 0 Å². The summed E-state index contributed by atoms with van der Waals surface area (Å²) < 4.78 is 7.56. The summed E-state index contributed by atoms with van der Waals surface area (Å²) in [6, 6.07) is 8.23. The minimum Gasteiger partial charge on any atom is -0.356 e. The largest absolute Gasteiger partial charge is 0.356 e. The molecule has 0 unspecified atom stereocenters. The molecule has 2 aromatic heterocycles. The van der Waals surface area contributed by atoms with Crippen LogP contribution in [0.1, 0.15) is 44.7 Å². The van der Waals surface area contributed by atoms with Crippen molar-refractivity contribution in [2.75, 3.05) is 13.6 Å². The highest BCUT2D eigenvalue weighted by molar-refractivity contribution is 5.79. The Morgan fingerprint density at radius 2 is 1.96 bits per heavy atom. The predicted octanol–water partition coefficient (Wildman–Crippen LogP) is 2.78. The van der Waals surface area contributed by atoms with E-state index in [0.717, 1.165) is 30.9 Å². The Kier molecular flexibility index (Phi) is 5.96. The molecule has 0 radical (unpaired) electrons. The van der Waals surface area contributed by atoms with Gasteiger partial charge < -0.3 is 19.7 Å². The zero-order chi connectivity index (χ0) is 20.1. The number of aromatic nitrogens is 4. The standard InChI is InChI=1S/C20H29N7O/c1-14-24-15-9-6-7-10-16(15)27(14)12-8-11-22-19(21-5)23-13-17-25-18(28-26-17)20(2,3)4/h6-7,9-10H,8,11-13H2,1-5H3,(H2,21,22,23). The van der Waals surface area contributed by atoms with Gasteiger partial charge in [-0.3, -0.25) is 4.99 Å². The van der Waals surface area contributed by atoms with Gasteiger partial charge in [-0.2, -0.15) is 4.98 Å². The van der Waals surface area contributed by atoms with E-state index >= 15 is 0 Å². The lowest BCUT2D eigenvalue weighted by atomic mass is 9.97. The van der Waals surface area contributed by atoms with Gasteiger partial charge in [-0.05, 0) is 25.5 Å². The van der Waals surface area contributed by atoms with E-state index < -0.39 is 0 Å². The van der Waals surface area contributed by atoms with Crippen LogP contribution in [0.5, 0.6) is 0 Å². The molecule has 2 heterocycles. The minimum absolute atomic E-state index is 0.152. The Morgan fingerprint density at radius 1 is 1.18 bits per heavy atom. The molecule has 0 aliphatic rings. The van der Waals surface area contributed by atoms with E-state index in [2.05, 4.69) is 41.4 Å². The molecule has 3 aromatic rings. The Morgan fingerprint density at radius 3 is 2.68 bits per heavy atom. The van der Waals surface area contributed by atoms with Crippen molar-refractivity contribution in [2.45, 2.75) is 52.6 Å². The second kappa shape index (κ2) is 8.41. The van der Waals surface area contributed by atoms with Crippen LogP contribution in [0.15, 0.2) is 33.8 Å². The van der Waals surface area contributed by atoms with Gasteiger partial charge in [0.1, 0.15) is 5.82 Å². The van der Waals surface area contributed by atoms with Crippen molar-refractivity contribution < 1.29 is 4.52 Å². The van der Waals surface area contributed by atoms with E-state index in [-0.39, 0.29) is 5.41 Å². The lowest BCUT2D eigenvalue weighted by Crippen LogP contribution is -2.37. The number of nitrogens with zero attached hydrogens (tertiary/aromatic N) is 5. The third kappa shape index (κ3) is 4.68. The van der Waals surface area contributed by atoms with Gasteiger partial charge in [-0.25, -0.2) is 4.98 Å². The first-order chi connectivity index (χ1) is 13.4. The number of benzene rings is 1. The Hall–Kier alpha value is -2.90. The molecule has 0 saturated heterocycles. The van der Waals surface area contributed by atoms with Crippen LogP contribution in [-0.4, -0.2) is 39.2 Å². The molecule has 2 N–H and O–H groups in total. The number of rotatable bonds is 6. The van der Waals surface area contributed by atoms with Gasteiger partial charge in [0.05, 0.1) is 17.6 Å². The first-order valence-corrected chi connectivity index (χ1v) is 9.58. The first kappa shape index (κ1) is 19.9. The fraction of sp³-hybridized carbons (Fsp3) is 0.500. The number of hydrogen-bond acceptors (Lipinski definition) is 5. The maximum Gasteiger partial charge on any atom is 0.232 e. The van der Waals surface area contributed by atoms with Crippen LogP contribution in [-0.2, 0) is 18.5 Å². The van der Waals surface area contributed by atoms with Crippen LogP contribution in [0.2, 0.25) is 0 Å². The van der Waals surface area contributed by atoms with E-state index in [1.54, 1.807) is 7.05 Å². The molecule has 0 amide bonds. The fourth-order valence-corrected chi connectivity index (χ4v) is 2.94. The molecule has 0 spiro atoms. The van der Waals surface area contributed by atoms with Crippen molar-refractivity contribution in [3.05, 3.63) is 41.8 Å². The molecule has 8 nitrogen and oxygen atoms in total. The van der Waals surface area contributed by atoms with Gasteiger partial charge in [0.25, 0.3) is 0 Å². The van der Waals surface area contributed by atoms with Gasteiger partial charge in [0.2, 0.25) is 5.89 Å². The van der Waals surface area contributed by atoms with Crippen molar-refractivity contribution in [3.63, 3.8) is 0 Å². The molecule has 0 bridgehead atoms. The second-order valence-corrected chi connectivity index (χ2v) is 7.77. The average molecular weight is 384 g/mol. The van der Waals surface area contributed by atoms with Crippen LogP contribution in [0, 0.1) is 6.92 Å². The third-order valence-electron chi connectivity index (χ3n) is 4.44. The molecule has 1 aromatic carbocycles. The number of aryl methyl sites for hydroxylation is 2. The maximum atomic E-state index is 5.31. The normalized spacial score (nSPS) is 12.5. The SMILES string of the molecule is CN=C(NCCCn1c(C)nc2ccccc21)NCc1noc(C(C)(C)C)n1. The van der Waals surface area contributed by atoms with Crippen LogP contribution in [0.25, 0.3) is 11.0 Å². The predicted molar refractivity (Wildman–Crippen MR) is 110 cm³/mol. The highest BCUT2D eigenvalue weighted by Crippen LogP contribution is 2.19. The van der Waals surface area contributed by atoms with Crippen LogP contribution in [0.4, 0.5) is 0 Å². The van der Waals surface area contributed by atoms with E-state index in [0.29, 0.717) is 24.2 Å². The summed E-state index contributed by atoms with van der Waals surface area (Å²) in [5.74, 6) is 3.01. The summed E-state index contributed by atoms with van der Waals surface area (Å²) in [4.78, 5) is 13.3. The molecule has 0 aliphatic heterocycles. The highest BCUT2D eigenvalue weighted by Gasteiger charge is 2.21. The van der Waals surface area contributed by atoms with Gasteiger partial charge in [-0.1, -0.05) is 38.1 Å². The van der Waals surface area contributed by atoms with Gasteiger partial charge >= 0.3 is 0 Å². The molecule has 0 fully saturated rings. The summed E-state index contributed by atoms with van der Waals surface area (Å²) in [5.41, 5.74) is 2.07. The Labute approximate surface area is 165 Å². The summed E-state index contributed by atoms with van der Waals surface area (Å²) in [7, 11) is 1.75. The zero-order valence-corrected chi connectivity index (χ0v) is 17.3. The quantitative estimate of drug-likeness (QED) is 0.386. The topological polar surface area (TPSA) is 93.2 Å². The smallest absolute Gasteiger partial charge is 0.232 e. The first-order valence-electron chi connectivity index (χ1n) is 9.58. The van der Waals surface area contributed by atoms with Gasteiger partial charge in [-0.15, -0.1) is 0 Å². The number of hydrogen-bond donors (Lipinski definition) is 2. The van der Waals surface area contributed by atoms with E-state index in [4.69, 9.17) is 4.52 Å². The zero-order valence-electron chi connectivity index (χ0n) is 17.3. The number of para-hydroxylation sites is 2. The third-order valence-corrected chi connectivity index (χ3v) is 4.44. The highest BCUT2D eigenvalue weighted by atomic mass is 16.5. The maximum absolute atomic E-state index is 5.31. The number of guanidine groups is 1. The minimum atomic E-state index is -0.152. The summed E-state index contributed by atoms with van der Waals surface area (Å²) in [5, 5.41) is 10.6. The molecule has 28 heavy (non-hydrogen) atoms. The number of aliphatic imine (C=N–C) groups is 1. The molecule has 150 valence electrons. The molecule has 0 saturated carbocycles. The second-order valence-electron chi connectivity index (χ2n) is 7.77. The lowest BCUT2D eigenvalue weighted by Gasteiger charge is -2.12. The molecular weight excluding hydrogens is 354 g/mol. The van der Waals surface area contributed by atoms with Crippen LogP contribution < -0.4 is 10.6 Å². The Bertz CT molecular complexity index is 949. The number of fused-ring (bicyclic) bond motifs is 1. The van der Waals surface area contributed by atoms with Crippen LogP contribution in [0.3, 0.4) is 0 Å². The summed E-state index contributed by atoms with van der Waals surface area (Å²) >= 11 is 0. The van der Waals surface area contributed by atoms with E-state index in [1.165, 1.54) is 5.52 Å². The molecular formula is C20H29N7O. The lowest BCUT2D eigenvalue weighted by molar-refractivity contribution is 0.318. The average Bonchev–Trinajstić information content (AvgIpc) is 3.25. The van der Waals surface area contributed by atoms with E-state index in [1.807, 2.05) is 45.9 Å². The molecule has 0 aliphatic carbocycles. The van der Waals surface area contributed by atoms with Crippen molar-refractivity contribution in [1.29, 1.82) is 0 Å². The van der Waals surface area contributed by atoms with Gasteiger partial charge in [0.15, 0.2) is 11.8 Å². The molecule has 8 heteroatoms. The monoisotopic (exact) mass is 383 g/mol. The summed E-state index contributed by atoms with van der Waals surface area (Å²) in [6.07, 6.45) is 0.957. The number of nitrogens with one attached hydrogen (secondary N) is 2. The van der Waals surface area contributed by atoms with Crippen molar-refractivity contribution in [1.82, 2.24) is 30.3 Å². The Balaban J connectivity index is 1.47. The van der Waals surface area contributed by atoms with Gasteiger partial charge in [0, 0.05) is 25.6 Å². The molecule has 3 rings (SSSR count). The molecule has 0 atom stereocenters. The van der Waals surface area contributed by atoms with Crippen molar-refractivity contribution in [2.24, 2.45) is 4.99 Å². The summed E-state index contributed by atoms with van der Waals surface area (Å²) in [6.45, 7) is 10.3. The van der Waals surface area contributed by atoms with Crippen molar-refractivity contribution >= 4 is 17.0 Å². The number of imidazole rings is 1.